The lowest BCUT2D eigenvalue weighted by atomic mass is 9.94. The van der Waals surface area contributed by atoms with Gasteiger partial charge in [-0.2, -0.15) is 0 Å². The molecule has 2 aliphatic heterocycles. The summed E-state index contributed by atoms with van der Waals surface area (Å²) in [6.07, 6.45) is -6.90. The molecule has 2 aliphatic rings. The van der Waals surface area contributed by atoms with Crippen molar-refractivity contribution in [1.82, 2.24) is 9.88 Å². The summed E-state index contributed by atoms with van der Waals surface area (Å²) in [5.74, 6) is -3.87. The van der Waals surface area contributed by atoms with Crippen LogP contribution >= 0.6 is 11.6 Å². The number of aliphatic hydroxyl groups is 3. The van der Waals surface area contributed by atoms with Gasteiger partial charge in [-0.3, -0.25) is 14.3 Å². The SMILES string of the molecule is CC(C)N1CCC(C(=O)Nc2c(O[C@@H]3O[C@H](C(=O)O)[C@@H](O)[C@H](O)[C@H]3O)cc(NS(C)(=O)=O)cc2C(=O)Nc2ccc(Cl)cn2)CC1. The van der Waals surface area contributed by atoms with Gasteiger partial charge in [-0.15, -0.1) is 0 Å². The van der Waals surface area contributed by atoms with E-state index in [0.29, 0.717) is 31.0 Å². The third-order valence-corrected chi connectivity index (χ3v) is 8.38. The van der Waals surface area contributed by atoms with Gasteiger partial charge in [-0.05, 0) is 58.0 Å². The minimum Gasteiger partial charge on any atom is -0.479 e. The van der Waals surface area contributed by atoms with Crippen LogP contribution in [0.3, 0.4) is 0 Å². The van der Waals surface area contributed by atoms with Gasteiger partial charge in [0.25, 0.3) is 5.91 Å². The van der Waals surface area contributed by atoms with Crippen molar-refractivity contribution in [3.63, 3.8) is 0 Å². The molecule has 1 aromatic heterocycles. The van der Waals surface area contributed by atoms with Crippen molar-refractivity contribution in [3.05, 3.63) is 41.0 Å². The van der Waals surface area contributed by atoms with Crippen LogP contribution in [0.4, 0.5) is 17.2 Å². The molecule has 2 amide bonds. The summed E-state index contributed by atoms with van der Waals surface area (Å²) in [7, 11) is -3.93. The lowest BCUT2D eigenvalue weighted by Crippen LogP contribution is -2.61. The monoisotopic (exact) mass is 685 g/mol. The molecular formula is C28H36ClN5O11S. The molecule has 0 saturated carbocycles. The Balaban J connectivity index is 1.78. The van der Waals surface area contributed by atoms with E-state index in [0.717, 1.165) is 18.4 Å². The Morgan fingerprint density at radius 3 is 2.30 bits per heavy atom. The average molecular weight is 686 g/mol. The normalized spacial score (nSPS) is 24.3. The molecule has 2 aromatic rings. The van der Waals surface area contributed by atoms with Crippen LogP contribution in [0.25, 0.3) is 0 Å². The number of pyridine rings is 1. The van der Waals surface area contributed by atoms with Gasteiger partial charge in [0.05, 0.1) is 28.2 Å². The Labute approximate surface area is 269 Å². The number of halogens is 1. The van der Waals surface area contributed by atoms with E-state index in [4.69, 9.17) is 21.1 Å². The highest BCUT2D eigenvalue weighted by molar-refractivity contribution is 7.92. The largest absolute Gasteiger partial charge is 0.479 e. The third-order valence-electron chi connectivity index (χ3n) is 7.55. The number of anilines is 3. The Kier molecular flexibility index (Phi) is 11.1. The number of carboxylic acid groups (broad SMARTS) is 1. The number of hydrogen-bond donors (Lipinski definition) is 7. The van der Waals surface area contributed by atoms with Crippen molar-refractivity contribution in [2.24, 2.45) is 5.92 Å². The first-order valence-electron chi connectivity index (χ1n) is 14.3. The van der Waals surface area contributed by atoms with E-state index < -0.39 is 70.2 Å². The molecule has 16 nitrogen and oxygen atoms in total. The number of carboxylic acids is 1. The van der Waals surface area contributed by atoms with Gasteiger partial charge < -0.3 is 45.4 Å². The second kappa shape index (κ2) is 14.5. The topological polar surface area (TPSA) is 237 Å². The van der Waals surface area contributed by atoms with Crippen molar-refractivity contribution in [2.45, 2.75) is 63.4 Å². The number of aliphatic carboxylic acids is 1. The predicted octanol–water partition coefficient (Wildman–Crippen LogP) is 0.689. The molecule has 252 valence electrons. The Morgan fingerprint density at radius 2 is 1.74 bits per heavy atom. The van der Waals surface area contributed by atoms with E-state index in [2.05, 4.69) is 25.2 Å². The van der Waals surface area contributed by atoms with Crippen LogP contribution in [0.5, 0.6) is 5.75 Å². The quantitative estimate of drug-likeness (QED) is 0.182. The van der Waals surface area contributed by atoms with Gasteiger partial charge in [-0.25, -0.2) is 18.2 Å². The maximum absolute atomic E-state index is 13.7. The average Bonchev–Trinajstić information content (AvgIpc) is 2.98. The molecule has 2 fully saturated rings. The van der Waals surface area contributed by atoms with Gasteiger partial charge in [0.1, 0.15) is 29.9 Å². The second-order valence-corrected chi connectivity index (χ2v) is 13.5. The number of rotatable bonds is 10. The molecule has 7 N–H and O–H groups in total. The molecular weight excluding hydrogens is 650 g/mol. The van der Waals surface area contributed by atoms with Crippen molar-refractivity contribution >= 4 is 56.6 Å². The molecule has 0 spiro atoms. The second-order valence-electron chi connectivity index (χ2n) is 11.3. The van der Waals surface area contributed by atoms with Gasteiger partial charge in [0.2, 0.25) is 22.2 Å². The first-order valence-corrected chi connectivity index (χ1v) is 16.5. The van der Waals surface area contributed by atoms with Gasteiger partial charge in [0.15, 0.2) is 6.10 Å². The van der Waals surface area contributed by atoms with E-state index in [9.17, 15) is 43.2 Å². The molecule has 3 heterocycles. The summed E-state index contributed by atoms with van der Waals surface area (Å²) in [6.45, 7) is 5.38. The number of hydrogen-bond acceptors (Lipinski definition) is 12. The van der Waals surface area contributed by atoms with E-state index >= 15 is 0 Å². The fourth-order valence-electron chi connectivity index (χ4n) is 5.10. The number of piperidine rings is 1. The van der Waals surface area contributed by atoms with Crippen LogP contribution in [0.1, 0.15) is 37.0 Å². The van der Waals surface area contributed by atoms with Crippen LogP contribution in [-0.4, -0.2) is 113 Å². The maximum atomic E-state index is 13.7. The molecule has 1 aromatic carbocycles. The molecule has 2 saturated heterocycles. The van der Waals surface area contributed by atoms with Crippen molar-refractivity contribution in [1.29, 1.82) is 0 Å². The zero-order valence-electron chi connectivity index (χ0n) is 25.1. The maximum Gasteiger partial charge on any atom is 0.335 e. The van der Waals surface area contributed by atoms with Crippen LogP contribution < -0.4 is 20.1 Å². The number of benzene rings is 1. The lowest BCUT2D eigenvalue weighted by Gasteiger charge is -2.38. The van der Waals surface area contributed by atoms with E-state index in [1.807, 2.05) is 13.8 Å². The highest BCUT2D eigenvalue weighted by Crippen LogP contribution is 2.37. The smallest absolute Gasteiger partial charge is 0.335 e. The molecule has 18 heteroatoms. The lowest BCUT2D eigenvalue weighted by molar-refractivity contribution is -0.271. The highest BCUT2D eigenvalue weighted by Gasteiger charge is 2.48. The molecule has 5 atom stereocenters. The summed E-state index contributed by atoms with van der Waals surface area (Å²) < 4.78 is 37.5. The van der Waals surface area contributed by atoms with Gasteiger partial charge in [-0.1, -0.05) is 11.6 Å². The molecule has 46 heavy (non-hydrogen) atoms. The number of amides is 2. The summed E-state index contributed by atoms with van der Waals surface area (Å²) in [6, 6.07) is 5.36. The van der Waals surface area contributed by atoms with Crippen LogP contribution in [0.2, 0.25) is 5.02 Å². The van der Waals surface area contributed by atoms with E-state index in [1.54, 1.807) is 0 Å². The number of carbonyl (C=O) groups is 3. The molecule has 0 unspecified atom stereocenters. The minimum absolute atomic E-state index is 0.0594. The number of aliphatic hydroxyl groups excluding tert-OH is 3. The molecule has 0 radical (unpaired) electrons. The standard InChI is InChI=1S/C28H36ClN5O11S/c1-13(2)34-8-6-14(7-9-34)25(38)32-20-17(26(39)31-19-5-4-15(29)12-30-19)10-16(33-46(3,42)43)11-18(20)44-28-23(37)21(35)22(36)24(45-28)27(40)41/h4-5,10-14,21-24,28,33,35-37H,6-9H2,1-3H3,(H,32,38)(H,40,41)(H,30,31,39)/t21-,22-,23+,24-,28+/m0/s1. The first kappa shape index (κ1) is 35.3. The zero-order valence-corrected chi connectivity index (χ0v) is 26.7. The van der Waals surface area contributed by atoms with Crippen LogP contribution in [-0.2, 0) is 24.3 Å². The van der Waals surface area contributed by atoms with Gasteiger partial charge >= 0.3 is 5.97 Å². The fraction of sp³-hybridized carbons (Fsp3) is 0.500. The summed E-state index contributed by atoms with van der Waals surface area (Å²) in [5, 5.41) is 46.0. The minimum atomic E-state index is -3.93. The first-order chi connectivity index (χ1) is 21.5. The van der Waals surface area contributed by atoms with E-state index in [-0.39, 0.29) is 28.8 Å². The van der Waals surface area contributed by atoms with E-state index in [1.165, 1.54) is 18.3 Å². The third kappa shape index (κ3) is 8.61. The number of sulfonamides is 1. The number of nitrogens with one attached hydrogen (secondary N) is 3. The molecule has 0 bridgehead atoms. The summed E-state index contributed by atoms with van der Waals surface area (Å²) >= 11 is 5.89. The van der Waals surface area contributed by atoms with Crippen LogP contribution in [0.15, 0.2) is 30.5 Å². The number of likely N-dealkylation sites (tertiary alicyclic amines) is 1. The van der Waals surface area contributed by atoms with Crippen molar-refractivity contribution < 1.29 is 52.7 Å². The predicted molar refractivity (Wildman–Crippen MR) is 165 cm³/mol. The Hall–Kier alpha value is -3.58. The fourth-order valence-corrected chi connectivity index (χ4v) is 5.76. The number of ether oxygens (including phenoxy) is 2. The summed E-state index contributed by atoms with van der Waals surface area (Å²) in [5.41, 5.74) is -0.797. The van der Waals surface area contributed by atoms with Gasteiger partial charge in [0, 0.05) is 24.2 Å². The number of nitrogens with zero attached hydrogens (tertiary/aromatic N) is 2. The number of carbonyl (C=O) groups excluding carboxylic acids is 2. The van der Waals surface area contributed by atoms with Crippen molar-refractivity contribution in [3.8, 4) is 5.75 Å². The zero-order chi connectivity index (χ0) is 33.9. The number of aromatic nitrogens is 1. The molecule has 0 aliphatic carbocycles. The molecule has 4 rings (SSSR count). The van der Waals surface area contributed by atoms with Crippen LogP contribution in [0, 0.1) is 5.92 Å². The highest BCUT2D eigenvalue weighted by atomic mass is 35.5. The Morgan fingerprint density at radius 1 is 1.07 bits per heavy atom. The van der Waals surface area contributed by atoms with Crippen molar-refractivity contribution in [2.75, 3.05) is 34.7 Å². The summed E-state index contributed by atoms with van der Waals surface area (Å²) in [4.78, 5) is 45.1. The Bertz CT molecular complexity index is 1550.